The highest BCUT2D eigenvalue weighted by atomic mass is 16.3. The maximum atomic E-state index is 14.3. The number of carbonyl (C=O) groups is 4. The predicted molar refractivity (Wildman–Crippen MR) is 167 cm³/mol. The molecule has 1 N–H and O–H groups in total. The fourth-order valence-electron chi connectivity index (χ4n) is 8.43. The molecule has 45 heavy (non-hydrogen) atoms. The van der Waals surface area contributed by atoms with Crippen LogP contribution in [-0.4, -0.2) is 38.5 Å². The molecule has 8 rings (SSSR count). The molecule has 4 aromatic rings. The van der Waals surface area contributed by atoms with Gasteiger partial charge in [0.1, 0.15) is 5.75 Å². The summed E-state index contributed by atoms with van der Waals surface area (Å²) in [5.41, 5.74) is 3.20. The van der Waals surface area contributed by atoms with Crippen LogP contribution in [0.25, 0.3) is 10.8 Å². The van der Waals surface area contributed by atoms with Gasteiger partial charge in [-0.2, -0.15) is 0 Å². The van der Waals surface area contributed by atoms with E-state index < -0.39 is 35.5 Å². The molecule has 1 saturated carbocycles. The first kappa shape index (κ1) is 27.5. The van der Waals surface area contributed by atoms with Crippen molar-refractivity contribution in [3.05, 3.63) is 125 Å². The van der Waals surface area contributed by atoms with E-state index in [-0.39, 0.29) is 42.5 Å². The number of likely N-dealkylation sites (tertiary alicyclic amines) is 2. The van der Waals surface area contributed by atoms with Crippen molar-refractivity contribution in [2.75, 3.05) is 0 Å². The molecular weight excluding hydrogens is 564 g/mol. The highest BCUT2D eigenvalue weighted by Crippen LogP contribution is 2.59. The van der Waals surface area contributed by atoms with Gasteiger partial charge in [-0.25, -0.2) is 0 Å². The Balaban J connectivity index is 1.22. The molecule has 7 nitrogen and oxygen atoms in total. The Labute approximate surface area is 260 Å². The zero-order valence-electron chi connectivity index (χ0n) is 24.6. The van der Waals surface area contributed by atoms with E-state index in [0.29, 0.717) is 23.8 Å². The molecule has 4 aromatic carbocycles. The SMILES string of the molecule is O=C1[C@H]2[C@H](CC=C3[C@H]2C[C@H]2C(=O)N(Cc4ccccc4)C(=O)[C@H]2[C@H]3c2ccc3ccccc3c2O)C(=O)N1Cc1ccccc1. The second-order valence-corrected chi connectivity index (χ2v) is 12.7. The number of carbonyl (C=O) groups excluding carboxylic acids is 4. The molecule has 4 aliphatic rings. The minimum atomic E-state index is -0.708. The zero-order valence-corrected chi connectivity index (χ0v) is 24.6. The summed E-state index contributed by atoms with van der Waals surface area (Å²) < 4.78 is 0. The molecule has 2 saturated heterocycles. The van der Waals surface area contributed by atoms with Crippen LogP contribution in [0.1, 0.15) is 35.4 Å². The van der Waals surface area contributed by atoms with E-state index in [9.17, 15) is 24.3 Å². The van der Waals surface area contributed by atoms with Crippen molar-refractivity contribution in [2.24, 2.45) is 29.6 Å². The van der Waals surface area contributed by atoms with Gasteiger partial charge in [0.15, 0.2) is 0 Å². The van der Waals surface area contributed by atoms with Gasteiger partial charge >= 0.3 is 0 Å². The van der Waals surface area contributed by atoms with Gasteiger partial charge in [-0.3, -0.25) is 29.0 Å². The molecule has 0 spiro atoms. The lowest BCUT2D eigenvalue weighted by Gasteiger charge is -2.44. The van der Waals surface area contributed by atoms with Gasteiger partial charge in [0.25, 0.3) is 0 Å². The quantitative estimate of drug-likeness (QED) is 0.240. The summed E-state index contributed by atoms with van der Waals surface area (Å²) in [6, 6.07) is 30.3. The summed E-state index contributed by atoms with van der Waals surface area (Å²) in [6.07, 6.45) is 2.72. The van der Waals surface area contributed by atoms with E-state index in [1.54, 1.807) is 0 Å². The first-order valence-corrected chi connectivity index (χ1v) is 15.6. The second kappa shape index (κ2) is 10.5. The van der Waals surface area contributed by atoms with Crippen LogP contribution in [0.15, 0.2) is 109 Å². The molecule has 4 amide bonds. The smallest absolute Gasteiger partial charge is 0.234 e. The first-order valence-electron chi connectivity index (χ1n) is 15.6. The van der Waals surface area contributed by atoms with Crippen LogP contribution in [0.4, 0.5) is 0 Å². The lowest BCUT2D eigenvalue weighted by Crippen LogP contribution is -2.43. The Hall–Kier alpha value is -5.04. The summed E-state index contributed by atoms with van der Waals surface area (Å²) in [5.74, 6) is -4.31. The molecule has 0 bridgehead atoms. The number of allylic oxidation sites excluding steroid dienone is 2. The summed E-state index contributed by atoms with van der Waals surface area (Å²) in [5, 5.41) is 13.2. The Bertz CT molecular complexity index is 1900. The lowest BCUT2D eigenvalue weighted by atomic mass is 9.57. The molecule has 3 fully saturated rings. The number of nitrogens with zero attached hydrogens (tertiary/aromatic N) is 2. The van der Waals surface area contributed by atoms with Crippen LogP contribution >= 0.6 is 0 Å². The second-order valence-electron chi connectivity index (χ2n) is 12.7. The van der Waals surface area contributed by atoms with Crippen molar-refractivity contribution in [1.29, 1.82) is 0 Å². The minimum absolute atomic E-state index is 0.0850. The Morgan fingerprint density at radius 3 is 1.84 bits per heavy atom. The molecule has 0 aromatic heterocycles. The molecule has 224 valence electrons. The number of imide groups is 2. The molecular formula is C38H32N2O5. The number of rotatable bonds is 5. The highest BCUT2D eigenvalue weighted by molar-refractivity contribution is 6.08. The Morgan fingerprint density at radius 1 is 0.600 bits per heavy atom. The van der Waals surface area contributed by atoms with E-state index >= 15 is 0 Å². The minimum Gasteiger partial charge on any atom is -0.507 e. The molecule has 2 aliphatic heterocycles. The van der Waals surface area contributed by atoms with Crippen LogP contribution in [0.5, 0.6) is 5.75 Å². The van der Waals surface area contributed by atoms with Gasteiger partial charge in [-0.05, 0) is 35.3 Å². The standard InChI is InChI=1S/C38H32N2O5/c41-34-25-14-8-7-13-24(25)15-16-27(34)31-26-17-18-28-32(37(44)39(35(28)42)20-22-9-3-1-4-10-22)29(26)19-30-33(31)38(45)40(36(30)43)21-23-11-5-2-6-12-23/h1-17,28-33,41H,18-21H2/t28-,29+,30+,31+,32-,33+/m0/s1. The Kier molecular flexibility index (Phi) is 6.45. The van der Waals surface area contributed by atoms with Gasteiger partial charge in [0, 0.05) is 16.9 Å². The lowest BCUT2D eigenvalue weighted by molar-refractivity contribution is -0.142. The van der Waals surface area contributed by atoms with Gasteiger partial charge in [-0.1, -0.05) is 109 Å². The molecule has 2 aliphatic carbocycles. The van der Waals surface area contributed by atoms with Gasteiger partial charge < -0.3 is 5.11 Å². The van der Waals surface area contributed by atoms with Crippen molar-refractivity contribution < 1.29 is 24.3 Å². The largest absolute Gasteiger partial charge is 0.507 e. The van der Waals surface area contributed by atoms with Crippen LogP contribution in [0.2, 0.25) is 0 Å². The predicted octanol–water partition coefficient (Wildman–Crippen LogP) is 5.58. The maximum Gasteiger partial charge on any atom is 0.234 e. The number of phenolic OH excluding ortho intramolecular Hbond substituents is 1. The number of hydrogen-bond donors (Lipinski definition) is 1. The fourth-order valence-corrected chi connectivity index (χ4v) is 8.43. The van der Waals surface area contributed by atoms with E-state index in [1.807, 2.05) is 103 Å². The molecule has 7 heteroatoms. The van der Waals surface area contributed by atoms with Crippen LogP contribution in [-0.2, 0) is 32.3 Å². The van der Waals surface area contributed by atoms with E-state index in [1.165, 1.54) is 9.80 Å². The number of aromatic hydroxyl groups is 1. The van der Waals surface area contributed by atoms with Crippen LogP contribution in [0, 0.1) is 29.6 Å². The molecule has 0 radical (unpaired) electrons. The summed E-state index contributed by atoms with van der Waals surface area (Å²) in [6.45, 7) is 0.372. The zero-order chi connectivity index (χ0) is 30.8. The van der Waals surface area contributed by atoms with Crippen molar-refractivity contribution in [3.63, 3.8) is 0 Å². The average Bonchev–Trinajstić information content (AvgIpc) is 3.45. The summed E-state index contributed by atoms with van der Waals surface area (Å²) >= 11 is 0. The average molecular weight is 597 g/mol. The van der Waals surface area contributed by atoms with Crippen molar-refractivity contribution in [2.45, 2.75) is 31.8 Å². The number of hydrogen-bond acceptors (Lipinski definition) is 5. The topological polar surface area (TPSA) is 95.0 Å². The Morgan fingerprint density at radius 2 is 1.18 bits per heavy atom. The maximum absolute atomic E-state index is 14.3. The number of phenols is 1. The third-order valence-corrected chi connectivity index (χ3v) is 10.5. The molecule has 2 heterocycles. The summed E-state index contributed by atoms with van der Waals surface area (Å²) in [4.78, 5) is 58.9. The highest BCUT2D eigenvalue weighted by Gasteiger charge is 2.62. The number of fused-ring (bicyclic) bond motifs is 5. The van der Waals surface area contributed by atoms with Crippen molar-refractivity contribution >= 4 is 34.4 Å². The fraction of sp³-hybridized carbons (Fsp3) is 0.263. The van der Waals surface area contributed by atoms with E-state index in [2.05, 4.69) is 0 Å². The van der Waals surface area contributed by atoms with E-state index in [4.69, 9.17) is 0 Å². The van der Waals surface area contributed by atoms with Crippen LogP contribution in [0.3, 0.4) is 0 Å². The molecule has 0 unspecified atom stereocenters. The van der Waals surface area contributed by atoms with Gasteiger partial charge in [0.2, 0.25) is 23.6 Å². The number of amides is 4. The first-order chi connectivity index (χ1) is 21.9. The molecule has 6 atom stereocenters. The van der Waals surface area contributed by atoms with Gasteiger partial charge in [0.05, 0.1) is 36.8 Å². The van der Waals surface area contributed by atoms with Crippen molar-refractivity contribution in [3.8, 4) is 5.75 Å². The van der Waals surface area contributed by atoms with Gasteiger partial charge in [-0.15, -0.1) is 0 Å². The van der Waals surface area contributed by atoms with E-state index in [0.717, 1.165) is 22.1 Å². The normalized spacial score (nSPS) is 27.4. The number of benzene rings is 4. The summed E-state index contributed by atoms with van der Waals surface area (Å²) in [7, 11) is 0. The monoisotopic (exact) mass is 596 g/mol. The third-order valence-electron chi connectivity index (χ3n) is 10.5. The third kappa shape index (κ3) is 4.25. The van der Waals surface area contributed by atoms with Crippen molar-refractivity contribution in [1.82, 2.24) is 9.80 Å². The van der Waals surface area contributed by atoms with Crippen LogP contribution < -0.4 is 0 Å².